The van der Waals surface area contributed by atoms with Crippen LogP contribution in [0, 0.1) is 0 Å². The molecule has 0 atom stereocenters. The number of hydrogen-bond acceptors (Lipinski definition) is 6. The summed E-state index contributed by atoms with van der Waals surface area (Å²) in [5.74, 6) is 0.930. The van der Waals surface area contributed by atoms with Gasteiger partial charge >= 0.3 is 0 Å². The summed E-state index contributed by atoms with van der Waals surface area (Å²) >= 11 is 1.53. The number of furan rings is 1. The minimum absolute atomic E-state index is 0.227. The van der Waals surface area contributed by atoms with E-state index in [1.54, 1.807) is 18.6 Å². The summed E-state index contributed by atoms with van der Waals surface area (Å²) < 4.78 is 5.99. The smallest absolute Gasteiger partial charge is 0.187 e. The van der Waals surface area contributed by atoms with Crippen molar-refractivity contribution in [1.29, 1.82) is 0 Å². The predicted octanol–water partition coefficient (Wildman–Crippen LogP) is 4.82. The molecule has 0 aliphatic heterocycles. The van der Waals surface area contributed by atoms with Gasteiger partial charge in [-0.15, -0.1) is 11.3 Å². The van der Waals surface area contributed by atoms with Gasteiger partial charge in [0.15, 0.2) is 22.1 Å². The van der Waals surface area contributed by atoms with Crippen LogP contribution in [-0.4, -0.2) is 15.8 Å². The molecule has 6 heteroatoms. The monoisotopic (exact) mass is 347 g/mol. The van der Waals surface area contributed by atoms with Gasteiger partial charge in [0.1, 0.15) is 0 Å². The summed E-state index contributed by atoms with van der Waals surface area (Å²) in [6, 6.07) is 7.81. The van der Waals surface area contributed by atoms with Crippen molar-refractivity contribution in [3.63, 3.8) is 0 Å². The second-order valence-electron chi connectivity index (χ2n) is 5.94. The van der Waals surface area contributed by atoms with E-state index < -0.39 is 0 Å². The number of aryl methyl sites for hydroxylation is 1. The van der Waals surface area contributed by atoms with Crippen LogP contribution in [0.3, 0.4) is 0 Å². The molecule has 122 valence electrons. The Morgan fingerprint density at radius 1 is 1.16 bits per heavy atom. The molecule has 3 heterocycles. The fraction of sp³-hybridized carbons (Fsp3) is 0.105. The van der Waals surface area contributed by atoms with Gasteiger partial charge in [-0.2, -0.15) is 0 Å². The molecule has 0 saturated heterocycles. The molecule has 1 aliphatic rings. The third kappa shape index (κ3) is 2.34. The number of nitrogens with one attached hydrogen (secondary N) is 1. The number of rotatable bonds is 3. The number of benzene rings is 1. The van der Waals surface area contributed by atoms with Crippen LogP contribution in [0.4, 0.5) is 11.4 Å². The zero-order valence-corrected chi connectivity index (χ0v) is 14.0. The van der Waals surface area contributed by atoms with Gasteiger partial charge in [-0.25, -0.2) is 4.98 Å². The Balaban J connectivity index is 1.63. The molecule has 0 amide bonds. The number of ketones is 1. The van der Waals surface area contributed by atoms with E-state index in [1.807, 2.05) is 29.6 Å². The zero-order chi connectivity index (χ0) is 16.8. The maximum Gasteiger partial charge on any atom is 0.187 e. The van der Waals surface area contributed by atoms with Crippen molar-refractivity contribution < 1.29 is 9.21 Å². The normalized spacial score (nSPS) is 13.4. The van der Waals surface area contributed by atoms with E-state index in [1.165, 1.54) is 11.3 Å². The van der Waals surface area contributed by atoms with Gasteiger partial charge in [0.25, 0.3) is 0 Å². The maximum atomic E-state index is 11.8. The molecule has 0 fully saturated rings. The highest BCUT2D eigenvalue weighted by atomic mass is 32.1. The highest BCUT2D eigenvalue weighted by Crippen LogP contribution is 2.40. The standard InChI is InChI=1S/C19H13N3O2S/c23-15-4-1-11-9-12(2-3-13(11)15)22-17-14-5-6-20-10-16(14)24-18(17)19-21-7-8-25-19/h2-3,5-10,22H,1,4H2. The minimum atomic E-state index is 0.227. The van der Waals surface area contributed by atoms with Gasteiger partial charge in [-0.05, 0) is 36.2 Å². The molecule has 1 aromatic carbocycles. The SMILES string of the molecule is O=C1CCc2cc(Nc3c(-c4nccs4)oc4cnccc34)ccc21. The number of nitrogens with zero attached hydrogens (tertiary/aromatic N) is 2. The van der Waals surface area contributed by atoms with Crippen molar-refractivity contribution in [2.75, 3.05) is 5.32 Å². The number of thiazole rings is 1. The van der Waals surface area contributed by atoms with E-state index in [0.29, 0.717) is 17.8 Å². The number of pyridine rings is 1. The van der Waals surface area contributed by atoms with Crippen LogP contribution in [0.1, 0.15) is 22.3 Å². The molecule has 25 heavy (non-hydrogen) atoms. The summed E-state index contributed by atoms with van der Waals surface area (Å²) in [6.07, 6.45) is 6.62. The summed E-state index contributed by atoms with van der Waals surface area (Å²) in [5.41, 5.74) is 4.46. The van der Waals surface area contributed by atoms with Crippen molar-refractivity contribution >= 4 is 39.5 Å². The Labute approximate surface area is 147 Å². The summed E-state index contributed by atoms with van der Waals surface area (Å²) in [5, 5.41) is 7.15. The number of anilines is 2. The van der Waals surface area contributed by atoms with Crippen LogP contribution in [-0.2, 0) is 6.42 Å². The summed E-state index contributed by atoms with van der Waals surface area (Å²) in [7, 11) is 0. The molecule has 3 aromatic heterocycles. The first-order valence-electron chi connectivity index (χ1n) is 7.99. The number of carbonyl (C=O) groups is 1. The fourth-order valence-corrected chi connectivity index (χ4v) is 3.86. The van der Waals surface area contributed by atoms with Crippen LogP contribution >= 0.6 is 11.3 Å². The lowest BCUT2D eigenvalue weighted by Crippen LogP contribution is -1.95. The lowest BCUT2D eigenvalue weighted by atomic mass is 10.1. The van der Waals surface area contributed by atoms with Crippen LogP contribution in [0.5, 0.6) is 0 Å². The first kappa shape index (κ1) is 14.4. The van der Waals surface area contributed by atoms with Crippen LogP contribution in [0.25, 0.3) is 21.7 Å². The molecule has 0 radical (unpaired) electrons. The van der Waals surface area contributed by atoms with Crippen molar-refractivity contribution in [1.82, 2.24) is 9.97 Å². The lowest BCUT2D eigenvalue weighted by molar-refractivity contribution is 0.0994. The van der Waals surface area contributed by atoms with Gasteiger partial charge < -0.3 is 9.73 Å². The molecular formula is C19H13N3O2S. The first-order valence-corrected chi connectivity index (χ1v) is 8.87. The summed E-state index contributed by atoms with van der Waals surface area (Å²) in [6.45, 7) is 0. The van der Waals surface area contributed by atoms with Crippen LogP contribution in [0.15, 0.2) is 52.7 Å². The fourth-order valence-electron chi connectivity index (χ4n) is 3.24. The Kier molecular flexibility index (Phi) is 3.18. The Bertz CT molecular complexity index is 1100. The highest BCUT2D eigenvalue weighted by molar-refractivity contribution is 7.13. The largest absolute Gasteiger partial charge is 0.450 e. The molecule has 1 aliphatic carbocycles. The van der Waals surface area contributed by atoms with E-state index in [2.05, 4.69) is 15.3 Å². The van der Waals surface area contributed by atoms with Crippen molar-refractivity contribution in [3.8, 4) is 10.8 Å². The van der Waals surface area contributed by atoms with Gasteiger partial charge in [0.2, 0.25) is 0 Å². The number of Topliss-reactive ketones (excluding diaryl/α,β-unsaturated/α-hetero) is 1. The van der Waals surface area contributed by atoms with Gasteiger partial charge in [-0.1, -0.05) is 0 Å². The Morgan fingerprint density at radius 2 is 2.12 bits per heavy atom. The van der Waals surface area contributed by atoms with Gasteiger partial charge in [0, 0.05) is 40.8 Å². The zero-order valence-electron chi connectivity index (χ0n) is 13.2. The van der Waals surface area contributed by atoms with E-state index in [4.69, 9.17) is 4.42 Å². The van der Waals surface area contributed by atoms with E-state index in [0.717, 1.165) is 39.3 Å². The molecule has 0 bridgehead atoms. The third-order valence-corrected chi connectivity index (χ3v) is 5.19. The van der Waals surface area contributed by atoms with Crippen LogP contribution in [0.2, 0.25) is 0 Å². The number of hydrogen-bond donors (Lipinski definition) is 1. The van der Waals surface area contributed by atoms with Gasteiger partial charge in [0.05, 0.1) is 11.9 Å². The topological polar surface area (TPSA) is 68.0 Å². The Hall–Kier alpha value is -2.99. The second-order valence-corrected chi connectivity index (χ2v) is 6.83. The molecule has 0 spiro atoms. The van der Waals surface area contributed by atoms with Crippen molar-refractivity contribution in [3.05, 3.63) is 59.4 Å². The maximum absolute atomic E-state index is 11.8. The highest BCUT2D eigenvalue weighted by Gasteiger charge is 2.21. The van der Waals surface area contributed by atoms with E-state index >= 15 is 0 Å². The molecule has 4 aromatic rings. The quantitative estimate of drug-likeness (QED) is 0.575. The number of aromatic nitrogens is 2. The predicted molar refractivity (Wildman–Crippen MR) is 97.5 cm³/mol. The van der Waals surface area contributed by atoms with E-state index in [-0.39, 0.29) is 5.78 Å². The van der Waals surface area contributed by atoms with Crippen LogP contribution < -0.4 is 5.32 Å². The molecular weight excluding hydrogens is 334 g/mol. The second kappa shape index (κ2) is 5.53. The van der Waals surface area contributed by atoms with Crippen molar-refractivity contribution in [2.24, 2.45) is 0 Å². The number of fused-ring (bicyclic) bond motifs is 2. The van der Waals surface area contributed by atoms with Gasteiger partial charge in [-0.3, -0.25) is 9.78 Å². The number of carbonyl (C=O) groups excluding carboxylic acids is 1. The molecule has 1 N–H and O–H groups in total. The molecule has 0 saturated carbocycles. The molecule has 5 nitrogen and oxygen atoms in total. The van der Waals surface area contributed by atoms with E-state index in [9.17, 15) is 4.79 Å². The Morgan fingerprint density at radius 3 is 3.00 bits per heavy atom. The minimum Gasteiger partial charge on any atom is -0.450 e. The van der Waals surface area contributed by atoms with Crippen molar-refractivity contribution in [2.45, 2.75) is 12.8 Å². The average molecular weight is 347 g/mol. The first-order chi connectivity index (χ1) is 12.3. The third-order valence-electron chi connectivity index (χ3n) is 4.42. The molecule has 5 rings (SSSR count). The summed E-state index contributed by atoms with van der Waals surface area (Å²) in [4.78, 5) is 20.3. The lowest BCUT2D eigenvalue weighted by Gasteiger charge is -2.08. The average Bonchev–Trinajstić information content (AvgIpc) is 3.35. The molecule has 0 unspecified atom stereocenters.